The third-order valence-corrected chi connectivity index (χ3v) is 6.11. The van der Waals surface area contributed by atoms with E-state index in [2.05, 4.69) is 4.98 Å². The summed E-state index contributed by atoms with van der Waals surface area (Å²) in [5, 5.41) is 4.84. The van der Waals surface area contributed by atoms with Crippen LogP contribution in [0.3, 0.4) is 0 Å². The molecule has 34 heavy (non-hydrogen) atoms. The van der Waals surface area contributed by atoms with Crippen LogP contribution in [-0.2, 0) is 5.54 Å². The van der Waals surface area contributed by atoms with Gasteiger partial charge in [-0.05, 0) is 16.7 Å². The van der Waals surface area contributed by atoms with Crippen molar-refractivity contribution in [1.29, 1.82) is 0 Å². The fraction of sp³-hybridized carbons (Fsp3) is 0.111. The van der Waals surface area contributed by atoms with E-state index in [1.54, 1.807) is 10.7 Å². The molecule has 0 aliphatic heterocycles. The van der Waals surface area contributed by atoms with E-state index < -0.39 is 17.7 Å². The number of ether oxygens (including phenoxy) is 1. The largest absolute Gasteiger partial charge is 0.479 e. The van der Waals surface area contributed by atoms with E-state index in [1.807, 2.05) is 91.0 Å². The first-order valence-corrected chi connectivity index (χ1v) is 11.0. The number of pyridine rings is 1. The van der Waals surface area contributed by atoms with Crippen LogP contribution in [0.2, 0.25) is 5.15 Å². The summed E-state index contributed by atoms with van der Waals surface area (Å²) in [5.41, 5.74) is 1.60. The van der Waals surface area contributed by atoms with E-state index in [-0.39, 0.29) is 16.4 Å². The van der Waals surface area contributed by atoms with E-state index >= 15 is 0 Å². The third kappa shape index (κ3) is 3.42. The van der Waals surface area contributed by atoms with Crippen molar-refractivity contribution in [3.63, 3.8) is 0 Å². The van der Waals surface area contributed by atoms with Crippen molar-refractivity contribution in [1.82, 2.24) is 14.8 Å². The monoisotopic (exact) mass is 475 g/mol. The molecule has 170 valence electrons. The van der Waals surface area contributed by atoms with Gasteiger partial charge >= 0.3 is 0 Å². The van der Waals surface area contributed by atoms with Gasteiger partial charge in [-0.2, -0.15) is 0 Å². The summed E-state index contributed by atoms with van der Waals surface area (Å²) in [7, 11) is 1.41. The van der Waals surface area contributed by atoms with E-state index in [4.69, 9.17) is 21.4 Å². The van der Waals surface area contributed by atoms with Gasteiger partial charge in [0.05, 0.1) is 18.0 Å². The van der Waals surface area contributed by atoms with Gasteiger partial charge in [-0.1, -0.05) is 103 Å². The smallest absolute Gasteiger partial charge is 0.281 e. The van der Waals surface area contributed by atoms with Crippen molar-refractivity contribution in [2.24, 2.45) is 0 Å². The van der Waals surface area contributed by atoms with E-state index in [0.717, 1.165) is 16.7 Å². The lowest BCUT2D eigenvalue weighted by Crippen LogP contribution is -2.38. The predicted octanol–water partition coefficient (Wildman–Crippen LogP) is 6.87. The highest BCUT2D eigenvalue weighted by atomic mass is 35.5. The number of aromatic nitrogens is 3. The first-order chi connectivity index (χ1) is 16.6. The Kier molecular flexibility index (Phi) is 5.75. The van der Waals surface area contributed by atoms with E-state index in [1.165, 1.54) is 7.11 Å². The molecule has 2 heterocycles. The second-order valence-corrected chi connectivity index (χ2v) is 8.14. The minimum atomic E-state index is -2.85. The maximum atomic E-state index is 14.1. The summed E-state index contributed by atoms with van der Waals surface area (Å²) >= 11 is 6.25. The molecule has 0 fully saturated rings. The molecule has 5 rings (SSSR count). The van der Waals surface area contributed by atoms with Crippen LogP contribution in [0.5, 0.6) is 5.88 Å². The first kappa shape index (κ1) is 22.0. The molecule has 4 nitrogen and oxygen atoms in total. The van der Waals surface area contributed by atoms with Crippen LogP contribution in [0.4, 0.5) is 8.78 Å². The van der Waals surface area contributed by atoms with Gasteiger partial charge in [0, 0.05) is 6.07 Å². The number of halogens is 3. The SMILES string of the molecule is COc1nn(C(c2ccccc2)(c2ccccc2)c2ccccc2)c2cc(Cl)nc(C(F)F)c12. The lowest BCUT2D eigenvalue weighted by atomic mass is 9.77. The Bertz CT molecular complexity index is 1330. The predicted molar refractivity (Wildman–Crippen MR) is 129 cm³/mol. The second kappa shape index (κ2) is 8.88. The van der Waals surface area contributed by atoms with Crippen molar-refractivity contribution in [3.8, 4) is 5.88 Å². The number of nitrogens with zero attached hydrogens (tertiary/aromatic N) is 3. The van der Waals surface area contributed by atoms with Crippen LogP contribution in [0, 0.1) is 0 Å². The molecule has 0 N–H and O–H groups in total. The number of alkyl halides is 2. The third-order valence-electron chi connectivity index (χ3n) is 5.92. The van der Waals surface area contributed by atoms with Gasteiger partial charge in [-0.25, -0.2) is 18.4 Å². The van der Waals surface area contributed by atoms with Crippen LogP contribution in [-0.4, -0.2) is 21.9 Å². The lowest BCUT2D eigenvalue weighted by Gasteiger charge is -2.36. The molecular weight excluding hydrogens is 456 g/mol. The Balaban J connectivity index is 2.01. The highest BCUT2D eigenvalue weighted by molar-refractivity contribution is 6.30. The van der Waals surface area contributed by atoms with Crippen LogP contribution in [0.15, 0.2) is 97.1 Å². The Hall–Kier alpha value is -3.77. The molecule has 0 saturated heterocycles. The fourth-order valence-corrected chi connectivity index (χ4v) is 4.76. The molecule has 0 unspecified atom stereocenters. The zero-order valence-electron chi connectivity index (χ0n) is 18.2. The summed E-state index contributed by atoms with van der Waals surface area (Å²) in [5.74, 6) is 0.0571. The Morgan fingerprint density at radius 2 is 1.29 bits per heavy atom. The standard InChI is InChI=1S/C27H20ClF2N3O/c1-34-26-23-21(17-22(28)31-24(23)25(29)30)33(32-26)27(18-11-5-2-6-12-18,19-13-7-3-8-14-19)20-15-9-4-10-16-20/h2-17,25H,1H3. The molecule has 0 spiro atoms. The summed E-state index contributed by atoms with van der Waals surface area (Å²) in [6.07, 6.45) is -2.85. The Labute approximate surface area is 200 Å². The summed E-state index contributed by atoms with van der Waals surface area (Å²) in [4.78, 5) is 3.91. The number of fused-ring (bicyclic) bond motifs is 1. The molecule has 0 aliphatic rings. The molecule has 7 heteroatoms. The molecule has 0 amide bonds. The fourth-order valence-electron chi connectivity index (χ4n) is 4.56. The van der Waals surface area contributed by atoms with E-state index in [0.29, 0.717) is 5.52 Å². The number of hydrogen-bond donors (Lipinski definition) is 0. The Morgan fingerprint density at radius 3 is 1.71 bits per heavy atom. The maximum absolute atomic E-state index is 14.1. The van der Waals surface area contributed by atoms with Gasteiger partial charge in [0.15, 0.2) is 0 Å². The highest BCUT2D eigenvalue weighted by Gasteiger charge is 2.42. The van der Waals surface area contributed by atoms with Crippen molar-refractivity contribution < 1.29 is 13.5 Å². The van der Waals surface area contributed by atoms with E-state index in [9.17, 15) is 8.78 Å². The van der Waals surface area contributed by atoms with Crippen molar-refractivity contribution in [3.05, 3.63) is 125 Å². The lowest BCUT2D eigenvalue weighted by molar-refractivity contribution is 0.148. The minimum Gasteiger partial charge on any atom is -0.479 e. The Morgan fingerprint density at radius 1 is 0.824 bits per heavy atom. The number of hydrogen-bond acceptors (Lipinski definition) is 3. The number of methoxy groups -OCH3 is 1. The summed E-state index contributed by atoms with van der Waals surface area (Å²) in [6.45, 7) is 0. The molecular formula is C27H20ClF2N3O. The van der Waals surface area contributed by atoms with Crippen LogP contribution >= 0.6 is 11.6 Å². The van der Waals surface area contributed by atoms with Crippen LogP contribution in [0.1, 0.15) is 28.8 Å². The average Bonchev–Trinajstić information content (AvgIpc) is 3.24. The van der Waals surface area contributed by atoms with Crippen LogP contribution in [0.25, 0.3) is 10.9 Å². The number of benzene rings is 3. The molecule has 0 aliphatic carbocycles. The van der Waals surface area contributed by atoms with Gasteiger partial charge in [-0.15, -0.1) is 5.10 Å². The van der Waals surface area contributed by atoms with Gasteiger partial charge in [0.1, 0.15) is 16.4 Å². The van der Waals surface area contributed by atoms with Gasteiger partial charge in [-0.3, -0.25) is 0 Å². The average molecular weight is 476 g/mol. The highest BCUT2D eigenvalue weighted by Crippen LogP contribution is 2.45. The van der Waals surface area contributed by atoms with Gasteiger partial charge in [0.25, 0.3) is 6.43 Å². The van der Waals surface area contributed by atoms with Crippen LogP contribution < -0.4 is 4.74 Å². The van der Waals surface area contributed by atoms with Crippen molar-refractivity contribution >= 4 is 22.5 Å². The molecule has 0 saturated carbocycles. The van der Waals surface area contributed by atoms with Crippen molar-refractivity contribution in [2.75, 3.05) is 7.11 Å². The minimum absolute atomic E-state index is 0.0466. The van der Waals surface area contributed by atoms with Crippen molar-refractivity contribution in [2.45, 2.75) is 12.0 Å². The molecule has 3 aromatic carbocycles. The molecule has 2 aromatic heterocycles. The zero-order valence-corrected chi connectivity index (χ0v) is 19.0. The maximum Gasteiger partial charge on any atom is 0.281 e. The molecule has 5 aromatic rings. The second-order valence-electron chi connectivity index (χ2n) is 7.75. The zero-order chi connectivity index (χ0) is 23.7. The molecule has 0 radical (unpaired) electrons. The first-order valence-electron chi connectivity index (χ1n) is 10.7. The van der Waals surface area contributed by atoms with Gasteiger partial charge < -0.3 is 4.74 Å². The summed E-state index contributed by atoms with van der Waals surface area (Å²) in [6, 6.07) is 31.0. The summed E-state index contributed by atoms with van der Waals surface area (Å²) < 4.78 is 35.3. The normalized spacial score (nSPS) is 11.8. The number of rotatable bonds is 6. The topological polar surface area (TPSA) is 39.9 Å². The molecule has 0 bridgehead atoms. The van der Waals surface area contributed by atoms with Gasteiger partial charge in [0.2, 0.25) is 5.88 Å². The molecule has 0 atom stereocenters. The quantitative estimate of drug-likeness (QED) is 0.199.